The van der Waals surface area contributed by atoms with Crippen molar-refractivity contribution < 1.29 is 13.2 Å². The van der Waals surface area contributed by atoms with Crippen molar-refractivity contribution in [1.82, 2.24) is 9.47 Å². The van der Waals surface area contributed by atoms with E-state index in [1.165, 1.54) is 0 Å². The Morgan fingerprint density at radius 3 is 2.47 bits per heavy atom. The summed E-state index contributed by atoms with van der Waals surface area (Å²) in [5.41, 5.74) is 0.661. The van der Waals surface area contributed by atoms with E-state index >= 15 is 0 Å². The largest absolute Gasteiger partial charge is 0.339 e. The fraction of sp³-hybridized carbons (Fsp3) is 0.583. The van der Waals surface area contributed by atoms with Gasteiger partial charge >= 0.3 is 0 Å². The maximum absolute atomic E-state index is 12.5. The third-order valence-electron chi connectivity index (χ3n) is 3.61. The van der Waals surface area contributed by atoms with Gasteiger partial charge in [0.15, 0.2) is 9.84 Å². The summed E-state index contributed by atoms with van der Waals surface area (Å²) in [5.74, 6) is 0.0844. The SMILES string of the molecule is O=C(c1cc(Br)cn1C1CC1)N1CCS(=O)(=O)CC1. The van der Waals surface area contributed by atoms with E-state index in [1.54, 1.807) is 4.90 Å². The fourth-order valence-corrected chi connectivity index (χ4v) is 3.99. The lowest BCUT2D eigenvalue weighted by atomic mass is 10.3. The van der Waals surface area contributed by atoms with E-state index in [2.05, 4.69) is 15.9 Å². The van der Waals surface area contributed by atoms with Gasteiger partial charge in [-0.3, -0.25) is 4.79 Å². The molecule has 0 bridgehead atoms. The predicted molar refractivity (Wildman–Crippen MR) is 75.0 cm³/mol. The van der Waals surface area contributed by atoms with Gasteiger partial charge in [-0.05, 0) is 34.8 Å². The van der Waals surface area contributed by atoms with Crippen LogP contribution in [0.3, 0.4) is 0 Å². The smallest absolute Gasteiger partial charge is 0.270 e. The Hall–Kier alpha value is -0.820. The summed E-state index contributed by atoms with van der Waals surface area (Å²) in [6, 6.07) is 2.25. The number of sulfone groups is 1. The summed E-state index contributed by atoms with van der Waals surface area (Å²) in [7, 11) is -2.95. The van der Waals surface area contributed by atoms with Gasteiger partial charge in [0, 0.05) is 29.8 Å². The minimum absolute atomic E-state index is 0.0625. The Morgan fingerprint density at radius 2 is 1.89 bits per heavy atom. The molecule has 2 fully saturated rings. The monoisotopic (exact) mass is 346 g/mol. The van der Waals surface area contributed by atoms with Crippen molar-refractivity contribution in [2.24, 2.45) is 0 Å². The molecule has 1 saturated carbocycles. The van der Waals surface area contributed by atoms with Crippen LogP contribution in [-0.4, -0.2) is 48.4 Å². The number of hydrogen-bond acceptors (Lipinski definition) is 3. The topological polar surface area (TPSA) is 59.4 Å². The zero-order chi connectivity index (χ0) is 13.6. The van der Waals surface area contributed by atoms with Crippen LogP contribution in [0.5, 0.6) is 0 Å². The molecule has 19 heavy (non-hydrogen) atoms. The van der Waals surface area contributed by atoms with E-state index in [9.17, 15) is 13.2 Å². The highest BCUT2D eigenvalue weighted by molar-refractivity contribution is 9.10. The molecule has 0 unspecified atom stereocenters. The average molecular weight is 347 g/mol. The Kier molecular flexibility index (Phi) is 3.21. The molecule has 0 atom stereocenters. The van der Waals surface area contributed by atoms with Crippen LogP contribution in [0.4, 0.5) is 0 Å². The van der Waals surface area contributed by atoms with E-state index in [-0.39, 0.29) is 17.4 Å². The standard InChI is InChI=1S/C12H15BrN2O3S/c13-9-7-11(15(8-9)10-1-2-10)12(16)14-3-5-19(17,18)6-4-14/h7-8,10H,1-6H2. The second-order valence-electron chi connectivity index (χ2n) is 5.13. The first-order valence-electron chi connectivity index (χ1n) is 6.33. The van der Waals surface area contributed by atoms with E-state index in [4.69, 9.17) is 0 Å². The molecule has 1 saturated heterocycles. The maximum atomic E-state index is 12.5. The van der Waals surface area contributed by atoms with E-state index in [0.717, 1.165) is 17.3 Å². The lowest BCUT2D eigenvalue weighted by Crippen LogP contribution is -2.44. The van der Waals surface area contributed by atoms with E-state index in [0.29, 0.717) is 24.8 Å². The van der Waals surface area contributed by atoms with Crippen molar-refractivity contribution in [3.05, 3.63) is 22.4 Å². The number of amides is 1. The van der Waals surface area contributed by atoms with Crippen LogP contribution >= 0.6 is 15.9 Å². The number of aromatic nitrogens is 1. The Labute approximate surface area is 120 Å². The summed E-state index contributed by atoms with van der Waals surface area (Å²) in [4.78, 5) is 14.1. The summed E-state index contributed by atoms with van der Waals surface area (Å²) < 4.78 is 25.7. The highest BCUT2D eigenvalue weighted by Gasteiger charge is 2.31. The van der Waals surface area contributed by atoms with Crippen LogP contribution in [0.2, 0.25) is 0 Å². The molecular weight excluding hydrogens is 332 g/mol. The first-order valence-corrected chi connectivity index (χ1v) is 8.95. The highest BCUT2D eigenvalue weighted by Crippen LogP contribution is 2.37. The first-order chi connectivity index (χ1) is 8.96. The van der Waals surface area contributed by atoms with Crippen LogP contribution in [0.1, 0.15) is 29.4 Å². The van der Waals surface area contributed by atoms with E-state index in [1.807, 2.05) is 16.8 Å². The van der Waals surface area contributed by atoms with Gasteiger partial charge in [0.25, 0.3) is 5.91 Å². The molecule has 1 aliphatic heterocycles. The van der Waals surface area contributed by atoms with Gasteiger partial charge in [-0.2, -0.15) is 0 Å². The molecule has 1 aliphatic carbocycles. The molecular formula is C12H15BrN2O3S. The van der Waals surface area contributed by atoms with Gasteiger partial charge < -0.3 is 9.47 Å². The molecule has 104 valence electrons. The van der Waals surface area contributed by atoms with Crippen molar-refractivity contribution >= 4 is 31.7 Å². The van der Waals surface area contributed by atoms with Gasteiger partial charge in [-0.1, -0.05) is 0 Å². The molecule has 2 aliphatic rings. The molecule has 0 N–H and O–H groups in total. The summed E-state index contributed by atoms with van der Waals surface area (Å²) in [6.07, 6.45) is 4.15. The minimum atomic E-state index is -2.95. The van der Waals surface area contributed by atoms with Crippen molar-refractivity contribution in [3.8, 4) is 0 Å². The lowest BCUT2D eigenvalue weighted by molar-refractivity contribution is 0.0759. The number of carbonyl (C=O) groups excluding carboxylic acids is 1. The number of nitrogens with zero attached hydrogens (tertiary/aromatic N) is 2. The quantitative estimate of drug-likeness (QED) is 0.814. The van der Waals surface area contributed by atoms with Gasteiger partial charge in [0.05, 0.1) is 11.5 Å². The number of carbonyl (C=O) groups is 1. The normalized spacial score (nSPS) is 22.5. The summed E-state index contributed by atoms with van der Waals surface area (Å²) in [5, 5.41) is 0. The Bertz CT molecular complexity index is 605. The van der Waals surface area contributed by atoms with Crippen molar-refractivity contribution in [2.45, 2.75) is 18.9 Å². The van der Waals surface area contributed by atoms with E-state index < -0.39 is 9.84 Å². The zero-order valence-corrected chi connectivity index (χ0v) is 12.8. The highest BCUT2D eigenvalue weighted by atomic mass is 79.9. The summed E-state index contributed by atoms with van der Waals surface area (Å²) in [6.45, 7) is 0.600. The van der Waals surface area contributed by atoms with Gasteiger partial charge in [-0.15, -0.1) is 0 Å². The van der Waals surface area contributed by atoms with Crippen LogP contribution in [0, 0.1) is 0 Å². The number of halogens is 1. The number of hydrogen-bond donors (Lipinski definition) is 0. The average Bonchev–Trinajstić information content (AvgIpc) is 3.12. The van der Waals surface area contributed by atoms with Crippen molar-refractivity contribution in [1.29, 1.82) is 0 Å². The molecule has 1 amide bonds. The molecule has 1 aromatic heterocycles. The first kappa shape index (κ1) is 13.2. The molecule has 0 radical (unpaired) electrons. The summed E-state index contributed by atoms with van der Waals surface area (Å²) >= 11 is 3.40. The second kappa shape index (κ2) is 4.63. The Balaban J connectivity index is 1.81. The third kappa shape index (κ3) is 2.72. The molecule has 7 heteroatoms. The molecule has 5 nitrogen and oxygen atoms in total. The molecule has 0 spiro atoms. The molecule has 1 aromatic rings. The lowest BCUT2D eigenvalue weighted by Gasteiger charge is -2.27. The van der Waals surface area contributed by atoms with Crippen LogP contribution < -0.4 is 0 Å². The number of rotatable bonds is 2. The van der Waals surface area contributed by atoms with Crippen LogP contribution in [0.15, 0.2) is 16.7 Å². The van der Waals surface area contributed by atoms with Crippen molar-refractivity contribution in [2.75, 3.05) is 24.6 Å². The predicted octanol–water partition coefficient (Wildman–Crippen LogP) is 1.46. The zero-order valence-electron chi connectivity index (χ0n) is 10.4. The minimum Gasteiger partial charge on any atom is -0.339 e. The fourth-order valence-electron chi connectivity index (χ4n) is 2.35. The molecule has 2 heterocycles. The van der Waals surface area contributed by atoms with Crippen molar-refractivity contribution in [3.63, 3.8) is 0 Å². The maximum Gasteiger partial charge on any atom is 0.270 e. The second-order valence-corrected chi connectivity index (χ2v) is 8.35. The Morgan fingerprint density at radius 1 is 1.26 bits per heavy atom. The van der Waals surface area contributed by atoms with Gasteiger partial charge in [0.2, 0.25) is 0 Å². The van der Waals surface area contributed by atoms with Crippen LogP contribution in [0.25, 0.3) is 0 Å². The van der Waals surface area contributed by atoms with Crippen LogP contribution in [-0.2, 0) is 9.84 Å². The third-order valence-corrected chi connectivity index (χ3v) is 5.65. The molecule has 0 aromatic carbocycles. The van der Waals surface area contributed by atoms with Gasteiger partial charge in [0.1, 0.15) is 5.69 Å². The molecule has 3 rings (SSSR count). The van der Waals surface area contributed by atoms with Gasteiger partial charge in [-0.25, -0.2) is 8.42 Å².